The van der Waals surface area contributed by atoms with E-state index in [1.165, 1.54) is 25.7 Å². The van der Waals surface area contributed by atoms with Crippen molar-refractivity contribution in [3.8, 4) is 0 Å². The first-order valence-corrected chi connectivity index (χ1v) is 7.26. The molecule has 2 aliphatic heterocycles. The highest BCUT2D eigenvalue weighted by molar-refractivity contribution is 5.87. The molecule has 2 saturated heterocycles. The molecule has 3 nitrogen and oxygen atoms in total. The Morgan fingerprint density at radius 1 is 1.35 bits per heavy atom. The lowest BCUT2D eigenvalue weighted by Gasteiger charge is -2.36. The van der Waals surface area contributed by atoms with E-state index < -0.39 is 0 Å². The number of carbonyl (C=O) groups is 1. The van der Waals surface area contributed by atoms with Crippen molar-refractivity contribution in [1.29, 1.82) is 0 Å². The zero-order valence-electron chi connectivity index (χ0n) is 11.3. The molecule has 2 unspecified atom stereocenters. The molecular weight excluding hydrogens is 212 g/mol. The van der Waals surface area contributed by atoms with E-state index in [1.807, 2.05) is 0 Å². The molecular formula is C14H26N2O. The quantitative estimate of drug-likeness (QED) is 0.800. The summed E-state index contributed by atoms with van der Waals surface area (Å²) in [6.45, 7) is 6.31. The van der Waals surface area contributed by atoms with Crippen LogP contribution < -0.4 is 5.32 Å². The average molecular weight is 238 g/mol. The lowest BCUT2D eigenvalue weighted by molar-refractivity contribution is -0.140. The van der Waals surface area contributed by atoms with Crippen molar-refractivity contribution in [1.82, 2.24) is 10.2 Å². The molecule has 1 N–H and O–H groups in total. The Balaban J connectivity index is 2.11. The largest absolute Gasteiger partial charge is 0.338 e. The zero-order valence-corrected chi connectivity index (χ0v) is 11.3. The summed E-state index contributed by atoms with van der Waals surface area (Å²) in [5.74, 6) is 0.368. The maximum atomic E-state index is 12.8. The van der Waals surface area contributed by atoms with E-state index in [4.69, 9.17) is 0 Å². The number of amides is 1. The van der Waals surface area contributed by atoms with E-state index >= 15 is 0 Å². The summed E-state index contributed by atoms with van der Waals surface area (Å²) in [7, 11) is 0. The second-order valence-corrected chi connectivity index (χ2v) is 5.66. The fourth-order valence-electron chi connectivity index (χ4n) is 3.29. The van der Waals surface area contributed by atoms with Crippen LogP contribution in [0, 0.1) is 0 Å². The van der Waals surface area contributed by atoms with Crippen LogP contribution in [0.25, 0.3) is 0 Å². The van der Waals surface area contributed by atoms with E-state index in [1.54, 1.807) is 0 Å². The van der Waals surface area contributed by atoms with Gasteiger partial charge < -0.3 is 10.2 Å². The van der Waals surface area contributed by atoms with Crippen molar-refractivity contribution in [2.75, 3.05) is 13.1 Å². The summed E-state index contributed by atoms with van der Waals surface area (Å²) in [4.78, 5) is 14.9. The summed E-state index contributed by atoms with van der Waals surface area (Å²) in [6.07, 6.45) is 7.99. The Bertz CT molecular complexity index is 271. The number of rotatable bonds is 2. The van der Waals surface area contributed by atoms with E-state index in [0.29, 0.717) is 11.9 Å². The van der Waals surface area contributed by atoms with Gasteiger partial charge in [-0.2, -0.15) is 0 Å². The molecule has 0 aliphatic carbocycles. The second kappa shape index (κ2) is 5.38. The predicted molar refractivity (Wildman–Crippen MR) is 69.9 cm³/mol. The van der Waals surface area contributed by atoms with Crippen molar-refractivity contribution in [3.05, 3.63) is 0 Å². The number of nitrogens with zero attached hydrogens (tertiary/aromatic N) is 1. The van der Waals surface area contributed by atoms with Gasteiger partial charge in [-0.15, -0.1) is 0 Å². The van der Waals surface area contributed by atoms with Crippen LogP contribution >= 0.6 is 0 Å². The van der Waals surface area contributed by atoms with Crippen LogP contribution in [0.4, 0.5) is 0 Å². The first-order valence-electron chi connectivity index (χ1n) is 7.26. The molecule has 3 heteroatoms. The molecule has 0 bridgehead atoms. The van der Waals surface area contributed by atoms with Crippen LogP contribution in [0.5, 0.6) is 0 Å². The van der Waals surface area contributed by atoms with Crippen molar-refractivity contribution >= 4 is 5.91 Å². The minimum atomic E-state index is -0.237. The van der Waals surface area contributed by atoms with E-state index in [9.17, 15) is 4.79 Å². The Morgan fingerprint density at radius 2 is 2.18 bits per heavy atom. The molecule has 2 heterocycles. The van der Waals surface area contributed by atoms with Crippen molar-refractivity contribution in [2.24, 2.45) is 0 Å². The Hall–Kier alpha value is -0.570. The summed E-state index contributed by atoms with van der Waals surface area (Å²) in [5.41, 5.74) is -0.237. The lowest BCUT2D eigenvalue weighted by atomic mass is 9.91. The number of likely N-dealkylation sites (tertiary alicyclic amines) is 1. The van der Waals surface area contributed by atoms with Gasteiger partial charge in [0.1, 0.15) is 0 Å². The first kappa shape index (κ1) is 12.9. The highest BCUT2D eigenvalue weighted by Crippen LogP contribution is 2.28. The van der Waals surface area contributed by atoms with Crippen LogP contribution in [-0.2, 0) is 4.79 Å². The Morgan fingerprint density at radius 3 is 2.82 bits per heavy atom. The van der Waals surface area contributed by atoms with Crippen LogP contribution in [0.1, 0.15) is 58.8 Å². The molecule has 2 aliphatic rings. The molecule has 2 rings (SSSR count). The average Bonchev–Trinajstić information content (AvgIpc) is 2.73. The standard InChI is InChI=1S/C14H26N2O/c1-3-14(9-7-10-15-14)13(17)16-11-6-4-5-8-12(16)2/h12,15H,3-11H2,1-2H3. The topological polar surface area (TPSA) is 32.3 Å². The third kappa shape index (κ3) is 2.49. The fourth-order valence-corrected chi connectivity index (χ4v) is 3.29. The van der Waals surface area contributed by atoms with Gasteiger partial charge >= 0.3 is 0 Å². The molecule has 0 aromatic heterocycles. The highest BCUT2D eigenvalue weighted by atomic mass is 16.2. The zero-order chi connectivity index (χ0) is 12.3. The van der Waals surface area contributed by atoms with E-state index in [-0.39, 0.29) is 5.54 Å². The van der Waals surface area contributed by atoms with E-state index in [0.717, 1.165) is 32.4 Å². The molecule has 1 amide bonds. The summed E-state index contributed by atoms with van der Waals surface area (Å²) < 4.78 is 0. The molecule has 17 heavy (non-hydrogen) atoms. The Labute approximate surface area is 105 Å². The van der Waals surface area contributed by atoms with Crippen LogP contribution in [0.15, 0.2) is 0 Å². The van der Waals surface area contributed by atoms with Gasteiger partial charge in [0.05, 0.1) is 5.54 Å². The molecule has 2 fully saturated rings. The van der Waals surface area contributed by atoms with Gasteiger partial charge in [0.15, 0.2) is 0 Å². The first-order chi connectivity index (χ1) is 8.19. The number of nitrogens with one attached hydrogen (secondary N) is 1. The third-order valence-corrected chi connectivity index (χ3v) is 4.57. The Kier molecular flexibility index (Phi) is 4.08. The van der Waals surface area contributed by atoms with Gasteiger partial charge in [0.2, 0.25) is 5.91 Å². The van der Waals surface area contributed by atoms with Crippen molar-refractivity contribution in [2.45, 2.75) is 70.4 Å². The third-order valence-electron chi connectivity index (χ3n) is 4.57. The van der Waals surface area contributed by atoms with Gasteiger partial charge in [-0.1, -0.05) is 19.8 Å². The van der Waals surface area contributed by atoms with Gasteiger partial charge in [-0.3, -0.25) is 4.79 Å². The number of carbonyl (C=O) groups excluding carboxylic acids is 1. The van der Waals surface area contributed by atoms with Crippen LogP contribution in [-0.4, -0.2) is 35.5 Å². The summed E-state index contributed by atoms with van der Waals surface area (Å²) >= 11 is 0. The SMILES string of the molecule is CCC1(C(=O)N2CCCCCC2C)CCCN1. The summed E-state index contributed by atoms with van der Waals surface area (Å²) in [5, 5.41) is 3.47. The fraction of sp³-hybridized carbons (Fsp3) is 0.929. The maximum absolute atomic E-state index is 12.8. The smallest absolute Gasteiger partial charge is 0.243 e. The van der Waals surface area contributed by atoms with Gasteiger partial charge in [0.25, 0.3) is 0 Å². The molecule has 0 spiro atoms. The number of hydrogen-bond donors (Lipinski definition) is 1. The van der Waals surface area contributed by atoms with Gasteiger partial charge in [-0.25, -0.2) is 0 Å². The highest BCUT2D eigenvalue weighted by Gasteiger charge is 2.42. The molecule has 0 saturated carbocycles. The monoisotopic (exact) mass is 238 g/mol. The molecule has 0 aromatic carbocycles. The predicted octanol–water partition coefficient (Wildman–Crippen LogP) is 2.31. The summed E-state index contributed by atoms with van der Waals surface area (Å²) in [6, 6.07) is 0.427. The minimum Gasteiger partial charge on any atom is -0.338 e. The molecule has 0 aromatic rings. The lowest BCUT2D eigenvalue weighted by Crippen LogP contribution is -2.56. The van der Waals surface area contributed by atoms with Crippen molar-refractivity contribution in [3.63, 3.8) is 0 Å². The van der Waals surface area contributed by atoms with Crippen molar-refractivity contribution < 1.29 is 4.79 Å². The number of hydrogen-bond acceptors (Lipinski definition) is 2. The molecule has 98 valence electrons. The van der Waals surface area contributed by atoms with Crippen LogP contribution in [0.3, 0.4) is 0 Å². The van der Waals surface area contributed by atoms with Crippen LogP contribution in [0.2, 0.25) is 0 Å². The molecule has 2 atom stereocenters. The van der Waals surface area contributed by atoms with Gasteiger partial charge in [-0.05, 0) is 45.6 Å². The second-order valence-electron chi connectivity index (χ2n) is 5.66. The maximum Gasteiger partial charge on any atom is 0.243 e. The normalized spacial score (nSPS) is 34.7. The molecule has 0 radical (unpaired) electrons. The van der Waals surface area contributed by atoms with E-state index in [2.05, 4.69) is 24.1 Å². The minimum absolute atomic E-state index is 0.237. The van der Waals surface area contributed by atoms with Gasteiger partial charge in [0, 0.05) is 12.6 Å².